The summed E-state index contributed by atoms with van der Waals surface area (Å²) in [4.78, 5) is 14.0. The number of amides is 1. The fourth-order valence-electron chi connectivity index (χ4n) is 2.67. The van der Waals surface area contributed by atoms with Gasteiger partial charge in [0.25, 0.3) is 0 Å². The Hall–Kier alpha value is -2.60. The largest absolute Gasteiger partial charge is 0.493 e. The van der Waals surface area contributed by atoms with Gasteiger partial charge in [0, 0.05) is 13.1 Å². The fourth-order valence-corrected chi connectivity index (χ4v) is 2.67. The normalized spacial score (nSPS) is 10.7. The van der Waals surface area contributed by atoms with Crippen LogP contribution in [0.3, 0.4) is 0 Å². The van der Waals surface area contributed by atoms with E-state index in [1.54, 1.807) is 33.3 Å². The minimum atomic E-state index is -0.241. The fraction of sp³-hybridized carbons (Fsp3) is 0.350. The smallest absolute Gasteiger partial charge is 0.234 e. The Morgan fingerprint density at radius 1 is 1.08 bits per heavy atom. The highest BCUT2D eigenvalue weighted by Gasteiger charge is 2.10. The molecule has 0 unspecified atom stereocenters. The summed E-state index contributed by atoms with van der Waals surface area (Å²) in [6, 6.07) is 10.5. The minimum absolute atomic E-state index is 0.0880. The predicted octanol–water partition coefficient (Wildman–Crippen LogP) is 2.90. The number of nitrogens with zero attached hydrogens (tertiary/aromatic N) is 1. The van der Waals surface area contributed by atoms with E-state index in [1.807, 2.05) is 30.1 Å². The van der Waals surface area contributed by atoms with Crippen LogP contribution in [0.15, 0.2) is 36.4 Å². The van der Waals surface area contributed by atoms with Gasteiger partial charge in [0.05, 0.1) is 20.8 Å². The van der Waals surface area contributed by atoms with Gasteiger partial charge >= 0.3 is 0 Å². The van der Waals surface area contributed by atoms with E-state index < -0.39 is 0 Å². The van der Waals surface area contributed by atoms with Gasteiger partial charge in [-0.25, -0.2) is 4.39 Å². The maximum atomic E-state index is 13.3. The van der Waals surface area contributed by atoms with Crippen molar-refractivity contribution in [2.75, 3.05) is 27.8 Å². The number of carbonyl (C=O) groups excluding carboxylic acids is 1. The topological polar surface area (TPSA) is 50.8 Å². The number of ether oxygens (including phenoxy) is 2. The molecule has 1 amide bonds. The molecule has 0 aliphatic rings. The molecule has 5 nitrogen and oxygen atoms in total. The first kappa shape index (κ1) is 19.7. The summed E-state index contributed by atoms with van der Waals surface area (Å²) < 4.78 is 23.8. The maximum absolute atomic E-state index is 13.3. The van der Waals surface area contributed by atoms with Crippen LogP contribution in [0.2, 0.25) is 0 Å². The second-order valence-corrected chi connectivity index (χ2v) is 6.22. The van der Waals surface area contributed by atoms with Crippen molar-refractivity contribution in [2.24, 2.45) is 0 Å². The van der Waals surface area contributed by atoms with Crippen LogP contribution in [0, 0.1) is 12.7 Å². The molecule has 1 N–H and O–H groups in total. The highest BCUT2D eigenvalue weighted by molar-refractivity contribution is 5.78. The van der Waals surface area contributed by atoms with Crippen molar-refractivity contribution in [2.45, 2.75) is 20.0 Å². The SMILES string of the molecule is COc1ccc(CN(C)CC(=O)NCc2ccc(F)c(C)c2)cc1OC. The molecule has 0 radical (unpaired) electrons. The quantitative estimate of drug-likeness (QED) is 0.786. The number of methoxy groups -OCH3 is 2. The van der Waals surface area contributed by atoms with Crippen LogP contribution >= 0.6 is 0 Å². The van der Waals surface area contributed by atoms with Crippen LogP contribution < -0.4 is 14.8 Å². The molecule has 0 saturated carbocycles. The zero-order valence-corrected chi connectivity index (χ0v) is 15.6. The lowest BCUT2D eigenvalue weighted by atomic mass is 10.1. The van der Waals surface area contributed by atoms with Crippen LogP contribution in [0.1, 0.15) is 16.7 Å². The van der Waals surface area contributed by atoms with E-state index in [0.717, 1.165) is 11.1 Å². The van der Waals surface area contributed by atoms with E-state index in [9.17, 15) is 9.18 Å². The third-order valence-corrected chi connectivity index (χ3v) is 4.03. The molecule has 0 aromatic heterocycles. The molecular weight excluding hydrogens is 335 g/mol. The predicted molar refractivity (Wildman–Crippen MR) is 98.9 cm³/mol. The average Bonchev–Trinajstić information content (AvgIpc) is 2.62. The Morgan fingerprint density at radius 2 is 1.77 bits per heavy atom. The van der Waals surface area contributed by atoms with E-state index in [4.69, 9.17) is 9.47 Å². The molecule has 140 valence electrons. The molecule has 0 aliphatic heterocycles. The van der Waals surface area contributed by atoms with Crippen molar-refractivity contribution in [3.63, 3.8) is 0 Å². The molecule has 2 rings (SSSR count). The standard InChI is InChI=1S/C20H25FN2O3/c1-14-9-15(5-7-17(14)21)11-22-20(24)13-23(2)12-16-6-8-18(25-3)19(10-16)26-4/h5-10H,11-13H2,1-4H3,(H,22,24). The van der Waals surface area contributed by atoms with E-state index in [-0.39, 0.29) is 18.3 Å². The number of hydrogen-bond donors (Lipinski definition) is 1. The highest BCUT2D eigenvalue weighted by atomic mass is 19.1. The van der Waals surface area contributed by atoms with Crippen molar-refractivity contribution in [3.05, 3.63) is 58.9 Å². The maximum Gasteiger partial charge on any atom is 0.234 e. The molecule has 6 heteroatoms. The van der Waals surface area contributed by atoms with Gasteiger partial charge in [-0.1, -0.05) is 18.2 Å². The van der Waals surface area contributed by atoms with Crippen LogP contribution in [0.5, 0.6) is 11.5 Å². The third kappa shape index (κ3) is 5.46. The average molecular weight is 360 g/mol. The second-order valence-electron chi connectivity index (χ2n) is 6.22. The molecule has 0 spiro atoms. The molecule has 0 aliphatic carbocycles. The van der Waals surface area contributed by atoms with Crippen molar-refractivity contribution >= 4 is 5.91 Å². The first-order valence-electron chi connectivity index (χ1n) is 8.34. The summed E-state index contributed by atoms with van der Waals surface area (Å²) >= 11 is 0. The Labute approximate surface area is 153 Å². The summed E-state index contributed by atoms with van der Waals surface area (Å²) in [6.45, 7) is 2.94. The molecule has 0 heterocycles. The first-order chi connectivity index (χ1) is 12.4. The van der Waals surface area contributed by atoms with Crippen molar-refractivity contribution in [1.29, 1.82) is 0 Å². The Morgan fingerprint density at radius 3 is 2.42 bits per heavy atom. The summed E-state index contributed by atoms with van der Waals surface area (Å²) in [5.41, 5.74) is 2.47. The number of halogens is 1. The molecule has 0 fully saturated rings. The lowest BCUT2D eigenvalue weighted by Crippen LogP contribution is -2.34. The van der Waals surface area contributed by atoms with Gasteiger partial charge < -0.3 is 14.8 Å². The zero-order chi connectivity index (χ0) is 19.1. The lowest BCUT2D eigenvalue weighted by Gasteiger charge is -2.17. The van der Waals surface area contributed by atoms with Crippen molar-refractivity contribution in [1.82, 2.24) is 10.2 Å². The number of nitrogens with one attached hydrogen (secondary N) is 1. The molecule has 2 aromatic rings. The van der Waals surface area contributed by atoms with Gasteiger partial charge in [-0.2, -0.15) is 0 Å². The Bertz CT molecular complexity index is 765. The van der Waals surface area contributed by atoms with Gasteiger partial charge in [0.15, 0.2) is 11.5 Å². The molecule has 0 bridgehead atoms. The molecule has 26 heavy (non-hydrogen) atoms. The third-order valence-electron chi connectivity index (χ3n) is 4.03. The summed E-state index contributed by atoms with van der Waals surface area (Å²) in [5, 5.41) is 2.86. The summed E-state index contributed by atoms with van der Waals surface area (Å²) in [5.74, 6) is 1.01. The van der Waals surface area contributed by atoms with Crippen molar-refractivity contribution < 1.29 is 18.7 Å². The number of carbonyl (C=O) groups is 1. The van der Waals surface area contributed by atoms with E-state index in [0.29, 0.717) is 30.2 Å². The van der Waals surface area contributed by atoms with Crippen LogP contribution in [-0.4, -0.2) is 38.6 Å². The first-order valence-corrected chi connectivity index (χ1v) is 8.34. The zero-order valence-electron chi connectivity index (χ0n) is 15.6. The molecule has 0 atom stereocenters. The molecular formula is C20H25FN2O3. The van der Waals surface area contributed by atoms with Gasteiger partial charge in [-0.05, 0) is 48.9 Å². The van der Waals surface area contributed by atoms with E-state index in [1.165, 1.54) is 6.07 Å². The van der Waals surface area contributed by atoms with Crippen LogP contribution in [0.4, 0.5) is 4.39 Å². The molecule has 2 aromatic carbocycles. The summed E-state index contributed by atoms with van der Waals surface area (Å²) in [7, 11) is 5.06. The van der Waals surface area contributed by atoms with E-state index >= 15 is 0 Å². The number of hydrogen-bond acceptors (Lipinski definition) is 4. The Balaban J connectivity index is 1.85. The van der Waals surface area contributed by atoms with Gasteiger partial charge in [0.1, 0.15) is 5.82 Å². The number of aryl methyl sites for hydroxylation is 1. The second kappa shape index (κ2) is 9.20. The lowest BCUT2D eigenvalue weighted by molar-refractivity contribution is -0.122. The van der Waals surface area contributed by atoms with Crippen LogP contribution in [0.25, 0.3) is 0 Å². The van der Waals surface area contributed by atoms with Crippen LogP contribution in [-0.2, 0) is 17.9 Å². The number of benzene rings is 2. The van der Waals surface area contributed by atoms with Gasteiger partial charge in [-0.15, -0.1) is 0 Å². The van der Waals surface area contributed by atoms with E-state index in [2.05, 4.69) is 5.32 Å². The highest BCUT2D eigenvalue weighted by Crippen LogP contribution is 2.27. The monoisotopic (exact) mass is 360 g/mol. The van der Waals surface area contributed by atoms with Gasteiger partial charge in [-0.3, -0.25) is 9.69 Å². The Kier molecular flexibility index (Phi) is 6.97. The number of rotatable bonds is 8. The molecule has 0 saturated heterocycles. The van der Waals surface area contributed by atoms with Crippen molar-refractivity contribution in [3.8, 4) is 11.5 Å². The van der Waals surface area contributed by atoms with Gasteiger partial charge in [0.2, 0.25) is 5.91 Å². The summed E-state index contributed by atoms with van der Waals surface area (Å²) in [6.07, 6.45) is 0. The minimum Gasteiger partial charge on any atom is -0.493 e. The number of likely N-dealkylation sites (N-methyl/N-ethyl adjacent to an activating group) is 1.